The summed E-state index contributed by atoms with van der Waals surface area (Å²) in [6, 6.07) is 0. The third kappa shape index (κ3) is 0.866. The Labute approximate surface area is 99.5 Å². The first-order valence-electron chi connectivity index (χ1n) is 7.31. The molecule has 0 heterocycles. The van der Waals surface area contributed by atoms with Crippen molar-refractivity contribution in [1.29, 1.82) is 0 Å². The summed E-state index contributed by atoms with van der Waals surface area (Å²) in [5.74, 6) is 3.05. The predicted molar refractivity (Wildman–Crippen MR) is 67.1 cm³/mol. The molecular formula is C16H24. The van der Waals surface area contributed by atoms with Gasteiger partial charge >= 0.3 is 0 Å². The SMILES string of the molecule is CCC1CC2(C)CC1=C1C2C2CCC1(C)C2. The van der Waals surface area contributed by atoms with Gasteiger partial charge < -0.3 is 0 Å². The van der Waals surface area contributed by atoms with Crippen molar-refractivity contribution in [2.75, 3.05) is 0 Å². The van der Waals surface area contributed by atoms with Crippen LogP contribution in [0.1, 0.15) is 59.3 Å². The summed E-state index contributed by atoms with van der Waals surface area (Å²) < 4.78 is 0. The molecule has 0 heteroatoms. The van der Waals surface area contributed by atoms with Gasteiger partial charge in [0.15, 0.2) is 0 Å². The maximum Gasteiger partial charge on any atom is -0.0108 e. The first-order chi connectivity index (χ1) is 7.57. The van der Waals surface area contributed by atoms with Crippen molar-refractivity contribution in [2.45, 2.75) is 59.3 Å². The minimum Gasteiger partial charge on any atom is -0.0665 e. The van der Waals surface area contributed by atoms with Gasteiger partial charge in [-0.2, -0.15) is 0 Å². The third-order valence-electron chi connectivity index (χ3n) is 6.60. The second-order valence-electron chi connectivity index (χ2n) is 7.62. The fraction of sp³-hybridized carbons (Fsp3) is 0.875. The van der Waals surface area contributed by atoms with Crippen molar-refractivity contribution in [1.82, 2.24) is 0 Å². The second kappa shape index (κ2) is 2.60. The Kier molecular flexibility index (Phi) is 1.58. The Hall–Kier alpha value is -0.260. The van der Waals surface area contributed by atoms with Crippen molar-refractivity contribution in [3.05, 3.63) is 11.1 Å². The van der Waals surface area contributed by atoms with Crippen molar-refractivity contribution < 1.29 is 0 Å². The smallest absolute Gasteiger partial charge is 0.0108 e. The Balaban J connectivity index is 1.89. The number of rotatable bonds is 1. The van der Waals surface area contributed by atoms with E-state index in [9.17, 15) is 0 Å². The number of hydrogen-bond acceptors (Lipinski definition) is 0. The van der Waals surface area contributed by atoms with Gasteiger partial charge in [0, 0.05) is 0 Å². The predicted octanol–water partition coefficient (Wildman–Crippen LogP) is 4.56. The van der Waals surface area contributed by atoms with Crippen molar-refractivity contribution in [3.8, 4) is 0 Å². The fourth-order valence-electron chi connectivity index (χ4n) is 6.21. The molecule has 0 radical (unpaired) electrons. The monoisotopic (exact) mass is 216 g/mol. The zero-order valence-corrected chi connectivity index (χ0v) is 11.0. The minimum absolute atomic E-state index is 0.649. The van der Waals surface area contributed by atoms with Crippen molar-refractivity contribution >= 4 is 0 Å². The Morgan fingerprint density at radius 3 is 2.81 bits per heavy atom. The highest BCUT2D eigenvalue weighted by Crippen LogP contribution is 2.74. The molecule has 0 aromatic rings. The lowest BCUT2D eigenvalue weighted by Crippen LogP contribution is -2.32. The van der Waals surface area contributed by atoms with E-state index in [1.807, 2.05) is 11.1 Å². The van der Waals surface area contributed by atoms with E-state index in [-0.39, 0.29) is 0 Å². The van der Waals surface area contributed by atoms with Crippen LogP contribution in [0.4, 0.5) is 0 Å². The molecule has 0 aromatic heterocycles. The van der Waals surface area contributed by atoms with Crippen LogP contribution in [0.25, 0.3) is 0 Å². The van der Waals surface area contributed by atoms with E-state index in [0.29, 0.717) is 10.8 Å². The second-order valence-corrected chi connectivity index (χ2v) is 7.62. The molecule has 0 aliphatic heterocycles. The highest BCUT2D eigenvalue weighted by Gasteiger charge is 2.64. The Bertz CT molecular complexity index is 391. The molecular weight excluding hydrogens is 192 g/mol. The van der Waals surface area contributed by atoms with E-state index in [1.165, 1.54) is 38.5 Å². The van der Waals surface area contributed by atoms with E-state index in [1.54, 1.807) is 0 Å². The van der Waals surface area contributed by atoms with Gasteiger partial charge in [-0.1, -0.05) is 31.9 Å². The molecule has 88 valence electrons. The van der Waals surface area contributed by atoms with Crippen LogP contribution < -0.4 is 0 Å². The Morgan fingerprint density at radius 1 is 1.25 bits per heavy atom. The highest BCUT2D eigenvalue weighted by atomic mass is 14.7. The molecule has 0 N–H and O–H groups in total. The average molecular weight is 216 g/mol. The lowest BCUT2D eigenvalue weighted by atomic mass is 9.64. The standard InChI is InChI=1S/C16H24/c1-4-10-7-16(3)9-12(10)14-13(16)11-5-6-15(14,2)8-11/h10-11,13H,4-9H2,1-3H3. The fourth-order valence-corrected chi connectivity index (χ4v) is 6.21. The maximum absolute atomic E-state index is 2.60. The van der Waals surface area contributed by atoms with Crippen molar-refractivity contribution in [3.63, 3.8) is 0 Å². The normalized spacial score (nSPS) is 57.6. The van der Waals surface area contributed by atoms with Crippen LogP contribution >= 0.6 is 0 Å². The molecule has 0 amide bonds. The number of fused-ring (bicyclic) bond motifs is 8. The summed E-state index contributed by atoms with van der Waals surface area (Å²) in [6.45, 7) is 7.57. The molecule has 0 spiro atoms. The van der Waals surface area contributed by atoms with Gasteiger partial charge in [-0.05, 0) is 67.1 Å². The first-order valence-corrected chi connectivity index (χ1v) is 7.31. The molecule has 3 fully saturated rings. The summed E-state index contributed by atoms with van der Waals surface area (Å²) in [5, 5.41) is 0. The highest BCUT2D eigenvalue weighted by molar-refractivity contribution is 5.44. The summed E-state index contributed by atoms with van der Waals surface area (Å²) in [4.78, 5) is 0. The van der Waals surface area contributed by atoms with E-state index < -0.39 is 0 Å². The molecule has 16 heavy (non-hydrogen) atoms. The van der Waals surface area contributed by atoms with E-state index >= 15 is 0 Å². The van der Waals surface area contributed by atoms with E-state index in [4.69, 9.17) is 0 Å². The van der Waals surface area contributed by atoms with Crippen LogP contribution in [-0.2, 0) is 0 Å². The minimum atomic E-state index is 0.649. The molecule has 4 rings (SSSR count). The van der Waals surface area contributed by atoms with Gasteiger partial charge in [-0.25, -0.2) is 0 Å². The zero-order valence-electron chi connectivity index (χ0n) is 11.0. The summed E-state index contributed by atoms with van der Waals surface area (Å²) in [7, 11) is 0. The van der Waals surface area contributed by atoms with Crippen molar-refractivity contribution in [2.24, 2.45) is 28.6 Å². The average Bonchev–Trinajstić information content (AvgIpc) is 2.90. The first kappa shape index (κ1) is 9.74. The van der Waals surface area contributed by atoms with E-state index in [0.717, 1.165) is 17.8 Å². The van der Waals surface area contributed by atoms with Crippen LogP contribution in [-0.4, -0.2) is 0 Å². The number of hydrogen-bond donors (Lipinski definition) is 0. The van der Waals surface area contributed by atoms with Crippen LogP contribution in [0.3, 0.4) is 0 Å². The maximum atomic E-state index is 2.60. The molecule has 5 unspecified atom stereocenters. The molecule has 3 saturated carbocycles. The quantitative estimate of drug-likeness (QED) is 0.564. The molecule has 4 aliphatic rings. The van der Waals surface area contributed by atoms with Gasteiger partial charge in [-0.15, -0.1) is 0 Å². The number of allylic oxidation sites excluding steroid dienone is 2. The van der Waals surface area contributed by atoms with Gasteiger partial charge in [0.2, 0.25) is 0 Å². The molecule has 0 nitrogen and oxygen atoms in total. The largest absolute Gasteiger partial charge is 0.0665 e. The summed E-state index contributed by atoms with van der Waals surface area (Å²) in [5.41, 5.74) is 5.27. The molecule has 4 bridgehead atoms. The Morgan fingerprint density at radius 2 is 2.06 bits per heavy atom. The molecule has 0 aromatic carbocycles. The van der Waals surface area contributed by atoms with E-state index in [2.05, 4.69) is 20.8 Å². The van der Waals surface area contributed by atoms with Gasteiger partial charge in [-0.3, -0.25) is 0 Å². The van der Waals surface area contributed by atoms with Gasteiger partial charge in [0.1, 0.15) is 0 Å². The topological polar surface area (TPSA) is 0 Å². The summed E-state index contributed by atoms with van der Waals surface area (Å²) in [6.07, 6.45) is 8.94. The lowest BCUT2D eigenvalue weighted by Gasteiger charge is -2.40. The van der Waals surface area contributed by atoms with Crippen LogP contribution in [0.15, 0.2) is 11.1 Å². The molecule has 4 aliphatic carbocycles. The molecule has 5 atom stereocenters. The summed E-state index contributed by atoms with van der Waals surface area (Å²) >= 11 is 0. The van der Waals surface area contributed by atoms with Gasteiger partial charge in [0.05, 0.1) is 0 Å². The third-order valence-corrected chi connectivity index (χ3v) is 6.60. The van der Waals surface area contributed by atoms with Gasteiger partial charge in [0.25, 0.3) is 0 Å². The zero-order chi connectivity index (χ0) is 11.1. The van der Waals surface area contributed by atoms with Crippen LogP contribution in [0.2, 0.25) is 0 Å². The molecule has 0 saturated heterocycles. The lowest BCUT2D eigenvalue weighted by molar-refractivity contribution is 0.162. The van der Waals surface area contributed by atoms with Crippen LogP contribution in [0, 0.1) is 28.6 Å². The van der Waals surface area contributed by atoms with Crippen LogP contribution in [0.5, 0.6) is 0 Å².